The molecule has 5 aliphatic rings. The van der Waals surface area contributed by atoms with Gasteiger partial charge in [0.25, 0.3) is 6.71 Å². The largest absolute Gasteiger partial charge is 0.334 e. The van der Waals surface area contributed by atoms with Crippen LogP contribution in [-0.4, -0.2) is 20.3 Å². The number of benzene rings is 12. The van der Waals surface area contributed by atoms with Crippen LogP contribution in [0, 0.1) is 5.41 Å². The van der Waals surface area contributed by atoms with Gasteiger partial charge in [0.1, 0.15) is 0 Å². The maximum absolute atomic E-state index is 2.91. The molecule has 3 heterocycles. The Morgan fingerprint density at radius 1 is 0.372 bits per heavy atom. The Labute approximate surface area is 558 Å². The molecule has 5 heteroatoms. The van der Waals surface area contributed by atoms with Crippen LogP contribution in [0.5, 0.6) is 0 Å². The van der Waals surface area contributed by atoms with Crippen molar-refractivity contribution in [2.75, 3.05) is 14.7 Å². The van der Waals surface area contributed by atoms with Gasteiger partial charge in [0, 0.05) is 50.8 Å². The summed E-state index contributed by atoms with van der Waals surface area (Å²) in [6, 6.07) is 110. The molecule has 0 spiro atoms. The van der Waals surface area contributed by atoms with Crippen LogP contribution in [0.3, 0.4) is 0 Å². The highest BCUT2D eigenvalue weighted by atomic mass is 28.3. The first-order chi connectivity index (χ1) is 45.7. The summed E-state index contributed by atoms with van der Waals surface area (Å²) in [6.45, 7) is 17.2. The molecule has 0 bridgehead atoms. The highest BCUT2D eigenvalue weighted by Crippen LogP contribution is 2.62. The number of hydrogen-bond acceptors (Lipinski definition) is 3. The molecule has 3 aliphatic heterocycles. The minimum absolute atomic E-state index is 0.0716. The number of rotatable bonds is 10. The SMILES string of the molecule is CC1(C)Cc2cc3c(cc2C1)N(c1ccc(C(C)(C)C)cc1-c1ccccc1)c1cc(N2c4ccc([Si](c5ccccc5)(c5ccccc5)c5ccccc5)cc4C4(C)CCCCC24C)cc2c1B3c1ccc(-c3ccccc3)cc1N2c1cccc(-c2ccccc2)c1. The maximum Gasteiger partial charge on any atom is 0.252 e. The Morgan fingerprint density at radius 3 is 1.50 bits per heavy atom. The van der Waals surface area contributed by atoms with Crippen LogP contribution in [0.1, 0.15) is 96.4 Å². The number of nitrogens with zero attached hydrogens (tertiary/aromatic N) is 3. The van der Waals surface area contributed by atoms with E-state index in [0.717, 1.165) is 37.8 Å². The molecule has 458 valence electrons. The van der Waals surface area contributed by atoms with Crippen molar-refractivity contribution in [2.24, 2.45) is 5.41 Å². The normalized spacial score (nSPS) is 18.2. The minimum Gasteiger partial charge on any atom is -0.334 e. The van der Waals surface area contributed by atoms with Crippen molar-refractivity contribution >= 4 is 97.4 Å². The zero-order chi connectivity index (χ0) is 63.7. The van der Waals surface area contributed by atoms with Crippen LogP contribution in [-0.2, 0) is 23.7 Å². The summed E-state index contributed by atoms with van der Waals surface area (Å²) in [7, 11) is -2.91. The molecule has 2 aliphatic carbocycles. The van der Waals surface area contributed by atoms with Gasteiger partial charge in [-0.25, -0.2) is 0 Å². The van der Waals surface area contributed by atoms with Gasteiger partial charge >= 0.3 is 0 Å². The molecule has 1 saturated carbocycles. The fourth-order valence-electron chi connectivity index (χ4n) is 18.0. The summed E-state index contributed by atoms with van der Waals surface area (Å²) in [5.41, 5.74) is 26.4. The first-order valence-electron chi connectivity index (χ1n) is 34.3. The molecule has 0 N–H and O–H groups in total. The van der Waals surface area contributed by atoms with Gasteiger partial charge in [0.05, 0.1) is 11.2 Å². The quantitative estimate of drug-likeness (QED) is 0.0998. The first kappa shape index (κ1) is 58.2. The maximum atomic E-state index is 2.88. The van der Waals surface area contributed by atoms with E-state index in [4.69, 9.17) is 0 Å². The third-order valence-corrected chi connectivity index (χ3v) is 27.4. The van der Waals surface area contributed by atoms with Gasteiger partial charge in [0.15, 0.2) is 8.07 Å². The second-order valence-corrected chi connectivity index (χ2v) is 33.6. The Balaban J connectivity index is 0.991. The Kier molecular flexibility index (Phi) is 13.6. The molecule has 0 aromatic heterocycles. The van der Waals surface area contributed by atoms with Gasteiger partial charge in [-0.1, -0.05) is 285 Å². The number of anilines is 8. The van der Waals surface area contributed by atoms with Gasteiger partial charge in [-0.15, -0.1) is 0 Å². The molecule has 1 fully saturated rings. The molecule has 2 unspecified atom stereocenters. The van der Waals surface area contributed by atoms with E-state index < -0.39 is 8.07 Å². The van der Waals surface area contributed by atoms with E-state index in [-0.39, 0.29) is 28.5 Å². The molecule has 0 radical (unpaired) electrons. The van der Waals surface area contributed by atoms with Crippen molar-refractivity contribution in [3.05, 3.63) is 307 Å². The van der Waals surface area contributed by atoms with Crippen molar-refractivity contribution < 1.29 is 0 Å². The lowest BCUT2D eigenvalue weighted by atomic mass is 9.33. The third kappa shape index (κ3) is 9.05. The van der Waals surface area contributed by atoms with Gasteiger partial charge in [0.2, 0.25) is 0 Å². The summed E-state index contributed by atoms with van der Waals surface area (Å²) in [5.74, 6) is 0. The van der Waals surface area contributed by atoms with Crippen LogP contribution in [0.2, 0.25) is 0 Å². The molecular weight excluding hydrogens is 1150 g/mol. The van der Waals surface area contributed by atoms with Gasteiger partial charge < -0.3 is 14.7 Å². The predicted octanol–water partition coefficient (Wildman–Crippen LogP) is 18.3. The van der Waals surface area contributed by atoms with E-state index in [1.54, 1.807) is 0 Å². The fourth-order valence-corrected chi connectivity index (χ4v) is 22.7. The summed E-state index contributed by atoms with van der Waals surface area (Å²) in [6.07, 6.45) is 6.60. The van der Waals surface area contributed by atoms with E-state index in [1.807, 2.05) is 0 Å². The fraction of sp³-hybridized carbons (Fsp3) is 0.191. The van der Waals surface area contributed by atoms with Crippen molar-refractivity contribution in [3.63, 3.8) is 0 Å². The van der Waals surface area contributed by atoms with Gasteiger partial charge in [-0.2, -0.15) is 0 Å². The molecule has 94 heavy (non-hydrogen) atoms. The van der Waals surface area contributed by atoms with Crippen molar-refractivity contribution in [1.82, 2.24) is 0 Å². The van der Waals surface area contributed by atoms with Crippen LogP contribution in [0.4, 0.5) is 45.5 Å². The molecule has 0 amide bonds. The smallest absolute Gasteiger partial charge is 0.252 e. The van der Waals surface area contributed by atoms with Crippen molar-refractivity contribution in [1.29, 1.82) is 0 Å². The van der Waals surface area contributed by atoms with Gasteiger partial charge in [-0.05, 0) is 185 Å². The molecule has 3 nitrogen and oxygen atoms in total. The lowest BCUT2D eigenvalue weighted by Gasteiger charge is -2.51. The Hall–Kier alpha value is -9.68. The zero-order valence-electron chi connectivity index (χ0n) is 55.3. The third-order valence-electron chi connectivity index (χ3n) is 22.6. The van der Waals surface area contributed by atoms with E-state index in [2.05, 4.69) is 348 Å². The minimum atomic E-state index is -2.91. The highest BCUT2D eigenvalue weighted by molar-refractivity contribution is 7.20. The van der Waals surface area contributed by atoms with E-state index in [0.29, 0.717) is 0 Å². The van der Waals surface area contributed by atoms with Gasteiger partial charge in [-0.3, -0.25) is 0 Å². The topological polar surface area (TPSA) is 9.72 Å². The predicted molar refractivity (Wildman–Crippen MR) is 403 cm³/mol. The van der Waals surface area contributed by atoms with Crippen LogP contribution in [0.15, 0.2) is 285 Å². The second kappa shape index (κ2) is 22.0. The lowest BCUT2D eigenvalue weighted by molar-refractivity contribution is 0.195. The standard InChI is InChI=1S/C89H80BN3Si/c1-86(2,3)68-44-47-79(75(55-68)63-33-18-10-19-34-63)92-82-54-67-60-87(4,5)59-66(67)52-78(82)90-77-46-43-65(62-31-16-9-17-32-62)53-81(77)91(69-36-28-35-64(51-69)61-29-14-8-15-30-61)83-56-70(57-84(92)85(83)90)93-80-48-45-74(58-76(80)88(6)49-26-27-50-89(88,93)7)94(71-37-20-11-21-38-71,72-39-22-12-23-40-72)73-41-24-13-25-42-73/h8-25,28-48,51-58H,26-27,49-50,59-60H2,1-7H3. The van der Waals surface area contributed by atoms with Crippen LogP contribution in [0.25, 0.3) is 33.4 Å². The highest BCUT2D eigenvalue weighted by Gasteiger charge is 2.59. The van der Waals surface area contributed by atoms with E-state index in [1.165, 1.54) is 139 Å². The molecular formula is C89H80BN3Si. The second-order valence-electron chi connectivity index (χ2n) is 29.8. The van der Waals surface area contributed by atoms with Crippen molar-refractivity contribution in [3.8, 4) is 33.4 Å². The molecule has 17 rings (SSSR count). The van der Waals surface area contributed by atoms with E-state index >= 15 is 0 Å². The van der Waals surface area contributed by atoms with Crippen LogP contribution >= 0.6 is 0 Å². The molecule has 12 aromatic carbocycles. The molecule has 0 saturated heterocycles. The summed E-state index contributed by atoms with van der Waals surface area (Å²) < 4.78 is 0. The first-order valence-corrected chi connectivity index (χ1v) is 36.3. The van der Waals surface area contributed by atoms with Crippen LogP contribution < -0.4 is 51.8 Å². The number of hydrogen-bond donors (Lipinski definition) is 0. The molecule has 2 atom stereocenters. The van der Waals surface area contributed by atoms with E-state index in [9.17, 15) is 0 Å². The average molecular weight is 1230 g/mol. The Morgan fingerprint density at radius 2 is 0.894 bits per heavy atom. The Bertz CT molecular complexity index is 4810. The number of fused-ring (bicyclic) bond motifs is 8. The molecule has 12 aromatic rings. The zero-order valence-corrected chi connectivity index (χ0v) is 56.3. The average Bonchev–Trinajstić information content (AvgIpc) is 1.32. The summed E-state index contributed by atoms with van der Waals surface area (Å²) in [5, 5.41) is 5.62. The van der Waals surface area contributed by atoms with Crippen molar-refractivity contribution in [2.45, 2.75) is 103 Å². The monoisotopic (exact) mass is 1230 g/mol. The lowest BCUT2D eigenvalue weighted by Crippen LogP contribution is -2.74. The summed E-state index contributed by atoms with van der Waals surface area (Å²) in [4.78, 5) is 8.30. The summed E-state index contributed by atoms with van der Waals surface area (Å²) >= 11 is 0.